The van der Waals surface area contributed by atoms with Gasteiger partial charge >= 0.3 is 0 Å². The van der Waals surface area contributed by atoms with Crippen molar-refractivity contribution in [3.63, 3.8) is 0 Å². The Kier molecular flexibility index (Phi) is 7.01. The predicted octanol–water partition coefficient (Wildman–Crippen LogP) is 3.40. The van der Waals surface area contributed by atoms with Crippen molar-refractivity contribution in [3.05, 3.63) is 91.5 Å². The third-order valence-electron chi connectivity index (χ3n) is 4.87. The van der Waals surface area contributed by atoms with Crippen LogP contribution in [0.15, 0.2) is 59.5 Å². The summed E-state index contributed by atoms with van der Waals surface area (Å²) in [5.41, 5.74) is 1.70. The number of aromatic nitrogens is 1. The smallest absolute Gasteiger partial charge is 0.263 e. The summed E-state index contributed by atoms with van der Waals surface area (Å²) in [4.78, 5) is 30.0. The highest BCUT2D eigenvalue weighted by molar-refractivity contribution is 7.11. The molecule has 2 heterocycles. The van der Waals surface area contributed by atoms with Gasteiger partial charge in [0.2, 0.25) is 0 Å². The summed E-state index contributed by atoms with van der Waals surface area (Å²) in [6, 6.07) is 15.8. The topological polar surface area (TPSA) is 62.5 Å². The van der Waals surface area contributed by atoms with E-state index in [0.717, 1.165) is 15.3 Å². The number of aliphatic hydroxyl groups excluding tert-OH is 1. The van der Waals surface area contributed by atoms with Gasteiger partial charge in [0.05, 0.1) is 13.2 Å². The molecule has 0 bridgehead atoms. The molecule has 0 atom stereocenters. The minimum atomic E-state index is -0.332. The molecular weight excluding hydrogens is 384 g/mol. The summed E-state index contributed by atoms with van der Waals surface area (Å²) in [6.07, 6.45) is 2.46. The molecular formula is C23H26N2O3S. The number of hydrogen-bond acceptors (Lipinski definition) is 4. The molecule has 3 rings (SSSR count). The Balaban J connectivity index is 1.85. The number of nitrogens with zero attached hydrogens (tertiary/aromatic N) is 2. The Morgan fingerprint density at radius 3 is 2.52 bits per heavy atom. The van der Waals surface area contributed by atoms with Crippen LogP contribution in [0.3, 0.4) is 0 Å². The SMILES string of the molecule is Cc1ccc(CN(CCO)C(=O)c2c(C)ccn(CCc3ccccc3)c2=O)s1. The van der Waals surface area contributed by atoms with E-state index >= 15 is 0 Å². The molecule has 5 nitrogen and oxygen atoms in total. The molecule has 0 spiro atoms. The first-order valence-corrected chi connectivity index (χ1v) is 10.5. The molecule has 6 heteroatoms. The lowest BCUT2D eigenvalue weighted by Gasteiger charge is -2.22. The molecule has 0 saturated heterocycles. The summed E-state index contributed by atoms with van der Waals surface area (Å²) in [5, 5.41) is 9.45. The van der Waals surface area contributed by atoms with Crippen molar-refractivity contribution in [2.45, 2.75) is 33.4 Å². The first-order valence-electron chi connectivity index (χ1n) is 9.69. The standard InChI is InChI=1S/C23H26N2O3S/c1-17-10-12-24(13-11-19-6-4-3-5-7-19)22(27)21(17)23(28)25(14-15-26)16-20-9-8-18(2)29-20/h3-10,12,26H,11,13-16H2,1-2H3. The minimum Gasteiger partial charge on any atom is -0.395 e. The molecule has 3 aromatic rings. The van der Waals surface area contributed by atoms with Crippen LogP contribution in [0.5, 0.6) is 0 Å². The van der Waals surface area contributed by atoms with Gasteiger partial charge in [0.1, 0.15) is 5.56 Å². The zero-order valence-corrected chi connectivity index (χ0v) is 17.6. The molecule has 0 aliphatic heterocycles. The Morgan fingerprint density at radius 1 is 1.10 bits per heavy atom. The lowest BCUT2D eigenvalue weighted by Crippen LogP contribution is -2.38. The van der Waals surface area contributed by atoms with Gasteiger partial charge in [-0.15, -0.1) is 11.3 Å². The highest BCUT2D eigenvalue weighted by Gasteiger charge is 2.22. The maximum atomic E-state index is 13.2. The van der Waals surface area contributed by atoms with Gasteiger partial charge in [0.15, 0.2) is 0 Å². The molecule has 0 unspecified atom stereocenters. The van der Waals surface area contributed by atoms with E-state index in [1.807, 2.05) is 55.5 Å². The zero-order valence-electron chi connectivity index (χ0n) is 16.8. The quantitative estimate of drug-likeness (QED) is 0.619. The fraction of sp³-hybridized carbons (Fsp3) is 0.304. The molecule has 152 valence electrons. The third kappa shape index (κ3) is 5.22. The van der Waals surface area contributed by atoms with Crippen molar-refractivity contribution < 1.29 is 9.90 Å². The van der Waals surface area contributed by atoms with E-state index in [4.69, 9.17) is 0 Å². The number of aliphatic hydroxyl groups is 1. The Bertz CT molecular complexity index is 1020. The lowest BCUT2D eigenvalue weighted by molar-refractivity contribution is 0.0706. The van der Waals surface area contributed by atoms with Crippen LogP contribution in [0, 0.1) is 13.8 Å². The molecule has 0 aliphatic carbocycles. The summed E-state index contributed by atoms with van der Waals surface area (Å²) >= 11 is 1.61. The summed E-state index contributed by atoms with van der Waals surface area (Å²) in [7, 11) is 0. The molecule has 1 aromatic carbocycles. The highest BCUT2D eigenvalue weighted by Crippen LogP contribution is 2.18. The van der Waals surface area contributed by atoms with Crippen molar-refractivity contribution in [1.29, 1.82) is 0 Å². The van der Waals surface area contributed by atoms with Crippen molar-refractivity contribution in [2.75, 3.05) is 13.2 Å². The van der Waals surface area contributed by atoms with E-state index in [0.29, 0.717) is 25.1 Å². The van der Waals surface area contributed by atoms with Gasteiger partial charge in [-0.05, 0) is 49.6 Å². The van der Waals surface area contributed by atoms with Gasteiger partial charge in [-0.3, -0.25) is 9.59 Å². The van der Waals surface area contributed by atoms with E-state index in [1.54, 1.807) is 33.9 Å². The molecule has 2 aromatic heterocycles. The summed E-state index contributed by atoms with van der Waals surface area (Å²) in [6.45, 7) is 4.72. The fourth-order valence-corrected chi connectivity index (χ4v) is 4.19. The average Bonchev–Trinajstić information content (AvgIpc) is 3.12. The third-order valence-corrected chi connectivity index (χ3v) is 5.86. The van der Waals surface area contributed by atoms with Crippen LogP contribution in [-0.2, 0) is 19.5 Å². The normalized spacial score (nSPS) is 10.9. The van der Waals surface area contributed by atoms with Gasteiger partial charge in [0, 0.05) is 29.0 Å². The number of pyridine rings is 1. The number of aryl methyl sites for hydroxylation is 4. The van der Waals surface area contributed by atoms with Gasteiger partial charge in [0.25, 0.3) is 11.5 Å². The van der Waals surface area contributed by atoms with E-state index < -0.39 is 0 Å². The second-order valence-electron chi connectivity index (χ2n) is 7.07. The maximum Gasteiger partial charge on any atom is 0.263 e. The number of hydrogen-bond donors (Lipinski definition) is 1. The van der Waals surface area contributed by atoms with E-state index in [2.05, 4.69) is 0 Å². The maximum absolute atomic E-state index is 13.2. The van der Waals surface area contributed by atoms with Crippen molar-refractivity contribution in [2.24, 2.45) is 0 Å². The van der Waals surface area contributed by atoms with E-state index in [-0.39, 0.29) is 30.2 Å². The Labute approximate surface area is 174 Å². The van der Waals surface area contributed by atoms with Crippen LogP contribution in [0.1, 0.15) is 31.2 Å². The first-order chi connectivity index (χ1) is 14.0. The number of carbonyl (C=O) groups excluding carboxylic acids is 1. The highest BCUT2D eigenvalue weighted by atomic mass is 32.1. The van der Waals surface area contributed by atoms with Crippen LogP contribution in [-0.4, -0.2) is 33.6 Å². The van der Waals surface area contributed by atoms with Crippen LogP contribution in [0.4, 0.5) is 0 Å². The summed E-state index contributed by atoms with van der Waals surface area (Å²) in [5.74, 6) is -0.332. The largest absolute Gasteiger partial charge is 0.395 e. The average molecular weight is 411 g/mol. The minimum absolute atomic E-state index is 0.149. The van der Waals surface area contributed by atoms with Crippen LogP contribution >= 0.6 is 11.3 Å². The second-order valence-corrected chi connectivity index (χ2v) is 8.44. The van der Waals surface area contributed by atoms with Gasteiger partial charge < -0.3 is 14.6 Å². The fourth-order valence-electron chi connectivity index (χ4n) is 3.28. The molecule has 1 amide bonds. The summed E-state index contributed by atoms with van der Waals surface area (Å²) < 4.78 is 1.60. The number of carbonyl (C=O) groups is 1. The Morgan fingerprint density at radius 2 is 1.86 bits per heavy atom. The second kappa shape index (κ2) is 9.67. The van der Waals surface area contributed by atoms with Gasteiger partial charge in [-0.25, -0.2) is 0 Å². The van der Waals surface area contributed by atoms with Gasteiger partial charge in [-0.2, -0.15) is 0 Å². The Hall–Kier alpha value is -2.70. The van der Waals surface area contributed by atoms with Crippen LogP contribution in [0.2, 0.25) is 0 Å². The monoisotopic (exact) mass is 410 g/mol. The molecule has 0 fully saturated rings. The molecule has 29 heavy (non-hydrogen) atoms. The van der Waals surface area contributed by atoms with E-state index in [1.165, 1.54) is 0 Å². The number of thiophene rings is 1. The van der Waals surface area contributed by atoms with Crippen LogP contribution in [0.25, 0.3) is 0 Å². The first kappa shape index (κ1) is 21.0. The molecule has 0 radical (unpaired) electrons. The van der Waals surface area contributed by atoms with Crippen molar-refractivity contribution >= 4 is 17.2 Å². The molecule has 1 N–H and O–H groups in total. The number of rotatable bonds is 8. The van der Waals surface area contributed by atoms with Crippen molar-refractivity contribution in [1.82, 2.24) is 9.47 Å². The number of benzene rings is 1. The van der Waals surface area contributed by atoms with E-state index in [9.17, 15) is 14.7 Å². The lowest BCUT2D eigenvalue weighted by atomic mass is 10.1. The number of amides is 1. The van der Waals surface area contributed by atoms with Gasteiger partial charge in [-0.1, -0.05) is 30.3 Å². The van der Waals surface area contributed by atoms with Crippen molar-refractivity contribution in [3.8, 4) is 0 Å². The molecule has 0 saturated carbocycles. The zero-order chi connectivity index (χ0) is 20.8. The molecule has 0 aliphatic rings. The predicted molar refractivity (Wildman–Crippen MR) is 116 cm³/mol. The van der Waals surface area contributed by atoms with Crippen LogP contribution < -0.4 is 5.56 Å².